The summed E-state index contributed by atoms with van der Waals surface area (Å²) in [6.07, 6.45) is 14.3. The van der Waals surface area contributed by atoms with Gasteiger partial charge in [0.05, 0.1) is 0 Å². The number of aromatic nitrogens is 1. The van der Waals surface area contributed by atoms with Gasteiger partial charge >= 0.3 is 0 Å². The molecule has 27 heavy (non-hydrogen) atoms. The number of hydrogen-bond acceptors (Lipinski definition) is 2. The number of hydrogen-bond donors (Lipinski definition) is 0. The molecule has 2 nitrogen and oxygen atoms in total. The monoisotopic (exact) mass is 357 g/mol. The van der Waals surface area contributed by atoms with Crippen LogP contribution in [-0.2, 0) is 4.79 Å². The highest BCUT2D eigenvalue weighted by Gasteiger charge is 2.57. The van der Waals surface area contributed by atoms with Gasteiger partial charge in [-0.25, -0.2) is 0 Å². The number of rotatable bonds is 1. The van der Waals surface area contributed by atoms with E-state index in [0.717, 1.165) is 37.0 Å². The second-order valence-corrected chi connectivity index (χ2v) is 9.75. The summed E-state index contributed by atoms with van der Waals surface area (Å²) in [6.45, 7) is 4.94. The Morgan fingerprint density at radius 1 is 1.07 bits per heavy atom. The molecule has 0 amide bonds. The lowest BCUT2D eigenvalue weighted by molar-refractivity contribution is -0.117. The highest BCUT2D eigenvalue weighted by atomic mass is 16.1. The summed E-state index contributed by atoms with van der Waals surface area (Å²) in [5.41, 5.74) is 5.29. The molecule has 3 heteroatoms. The minimum Gasteiger partial charge on any atom is -0.295 e. The molecule has 1 heterocycles. The third-order valence-corrected chi connectivity index (χ3v) is 8.64. The maximum Gasteiger partial charge on any atom is 0.155 e. The molecular formula is C24H28BNO. The van der Waals surface area contributed by atoms with Crippen molar-refractivity contribution in [2.75, 3.05) is 0 Å². The third kappa shape index (κ3) is 2.46. The molecule has 2 radical (unpaired) electrons. The minimum absolute atomic E-state index is 0.251. The molecule has 0 bridgehead atoms. The van der Waals surface area contributed by atoms with Crippen LogP contribution in [0.15, 0.2) is 36.1 Å². The Morgan fingerprint density at radius 2 is 1.93 bits per heavy atom. The summed E-state index contributed by atoms with van der Waals surface area (Å²) in [6, 6.07) is 4.07. The summed E-state index contributed by atoms with van der Waals surface area (Å²) in [7, 11) is 5.80. The van der Waals surface area contributed by atoms with Crippen LogP contribution in [0.25, 0.3) is 5.57 Å². The summed E-state index contributed by atoms with van der Waals surface area (Å²) < 4.78 is 0. The molecule has 1 aromatic rings. The van der Waals surface area contributed by atoms with Gasteiger partial charge < -0.3 is 0 Å². The van der Waals surface area contributed by atoms with E-state index in [1.54, 1.807) is 0 Å². The van der Waals surface area contributed by atoms with Crippen molar-refractivity contribution in [1.82, 2.24) is 4.98 Å². The van der Waals surface area contributed by atoms with Crippen LogP contribution in [0.5, 0.6) is 0 Å². The quantitative estimate of drug-likeness (QED) is 0.698. The van der Waals surface area contributed by atoms with Crippen LogP contribution in [-0.4, -0.2) is 18.6 Å². The first-order chi connectivity index (χ1) is 12.9. The van der Waals surface area contributed by atoms with Gasteiger partial charge in [-0.1, -0.05) is 37.6 Å². The third-order valence-electron chi connectivity index (χ3n) is 8.64. The van der Waals surface area contributed by atoms with Crippen molar-refractivity contribution in [1.29, 1.82) is 0 Å². The molecule has 5 rings (SSSR count). The lowest BCUT2D eigenvalue weighted by Crippen LogP contribution is -2.49. The Morgan fingerprint density at radius 3 is 2.70 bits per heavy atom. The van der Waals surface area contributed by atoms with E-state index in [-0.39, 0.29) is 10.8 Å². The first-order valence-corrected chi connectivity index (χ1v) is 10.6. The van der Waals surface area contributed by atoms with Crippen molar-refractivity contribution in [3.05, 3.63) is 41.6 Å². The van der Waals surface area contributed by atoms with Crippen LogP contribution in [0, 0.1) is 28.6 Å². The number of pyridine rings is 1. The molecule has 0 saturated heterocycles. The van der Waals surface area contributed by atoms with Crippen molar-refractivity contribution in [2.45, 2.75) is 58.8 Å². The lowest BCUT2D eigenvalue weighted by atomic mass is 9.46. The second-order valence-electron chi connectivity index (χ2n) is 9.75. The van der Waals surface area contributed by atoms with E-state index < -0.39 is 0 Å². The first kappa shape index (κ1) is 17.5. The molecule has 0 spiro atoms. The molecule has 4 aliphatic rings. The van der Waals surface area contributed by atoms with Crippen LogP contribution in [0.1, 0.15) is 64.4 Å². The Labute approximate surface area is 163 Å². The van der Waals surface area contributed by atoms with Crippen molar-refractivity contribution in [2.24, 2.45) is 28.6 Å². The van der Waals surface area contributed by atoms with Gasteiger partial charge in [-0.15, -0.1) is 0 Å². The zero-order valence-corrected chi connectivity index (χ0v) is 16.5. The molecular weight excluding hydrogens is 329 g/mol. The van der Waals surface area contributed by atoms with Crippen LogP contribution >= 0.6 is 0 Å². The Bertz CT molecular complexity index is 854. The summed E-state index contributed by atoms with van der Waals surface area (Å²) in [5.74, 6) is 2.58. The molecule has 2 fully saturated rings. The molecule has 138 valence electrons. The van der Waals surface area contributed by atoms with Gasteiger partial charge in [0.15, 0.2) is 5.78 Å². The zero-order chi connectivity index (χ0) is 18.8. The average molecular weight is 357 g/mol. The normalized spacial score (nSPS) is 40.5. The maximum atomic E-state index is 12.0. The van der Waals surface area contributed by atoms with Crippen molar-refractivity contribution in [3.8, 4) is 0 Å². The van der Waals surface area contributed by atoms with Crippen molar-refractivity contribution < 1.29 is 4.79 Å². The molecule has 1 aromatic heterocycles. The van der Waals surface area contributed by atoms with Gasteiger partial charge in [0, 0.05) is 12.6 Å². The maximum absolute atomic E-state index is 12.0. The smallest absolute Gasteiger partial charge is 0.155 e. The van der Waals surface area contributed by atoms with E-state index in [1.165, 1.54) is 42.4 Å². The van der Waals surface area contributed by atoms with Gasteiger partial charge in [0.2, 0.25) is 0 Å². The van der Waals surface area contributed by atoms with Crippen molar-refractivity contribution >= 4 is 24.8 Å². The number of carbonyl (C=O) groups is 1. The van der Waals surface area contributed by atoms with Gasteiger partial charge in [-0.2, -0.15) is 0 Å². The number of carbonyl (C=O) groups excluding carboxylic acids is 1. The molecule has 2 saturated carbocycles. The summed E-state index contributed by atoms with van der Waals surface area (Å²) in [4.78, 5) is 16.3. The van der Waals surface area contributed by atoms with E-state index in [1.807, 2.05) is 18.3 Å². The molecule has 5 unspecified atom stereocenters. The van der Waals surface area contributed by atoms with Crippen LogP contribution < -0.4 is 5.59 Å². The average Bonchev–Trinajstić information content (AvgIpc) is 3.00. The zero-order valence-electron chi connectivity index (χ0n) is 16.5. The fourth-order valence-corrected chi connectivity index (χ4v) is 7.14. The van der Waals surface area contributed by atoms with E-state index in [2.05, 4.69) is 31.0 Å². The van der Waals surface area contributed by atoms with Crippen LogP contribution in [0.4, 0.5) is 0 Å². The second kappa shape index (κ2) is 5.93. The number of ketones is 1. The molecule has 0 aromatic carbocycles. The summed E-state index contributed by atoms with van der Waals surface area (Å²) in [5, 5.41) is 0. The fourth-order valence-electron chi connectivity index (χ4n) is 7.14. The van der Waals surface area contributed by atoms with Crippen LogP contribution in [0.2, 0.25) is 0 Å². The first-order valence-electron chi connectivity index (χ1n) is 10.6. The van der Waals surface area contributed by atoms with Gasteiger partial charge in [-0.3, -0.25) is 9.78 Å². The minimum atomic E-state index is 0.251. The number of nitrogens with zero attached hydrogens (tertiary/aromatic N) is 1. The van der Waals surface area contributed by atoms with E-state index in [0.29, 0.717) is 11.4 Å². The molecule has 0 N–H and O–H groups in total. The van der Waals surface area contributed by atoms with E-state index in [4.69, 9.17) is 7.85 Å². The van der Waals surface area contributed by atoms with Crippen molar-refractivity contribution in [3.63, 3.8) is 0 Å². The Hall–Kier alpha value is -1.64. The van der Waals surface area contributed by atoms with Crippen LogP contribution in [0.3, 0.4) is 0 Å². The summed E-state index contributed by atoms with van der Waals surface area (Å²) >= 11 is 0. The highest BCUT2D eigenvalue weighted by Crippen LogP contribution is 2.66. The van der Waals surface area contributed by atoms with E-state index >= 15 is 0 Å². The van der Waals surface area contributed by atoms with Gasteiger partial charge in [-0.05, 0) is 89.9 Å². The molecule has 0 aliphatic heterocycles. The largest absolute Gasteiger partial charge is 0.295 e. The van der Waals surface area contributed by atoms with Gasteiger partial charge in [0.25, 0.3) is 0 Å². The number of fused-ring (bicyclic) bond motifs is 5. The molecule has 4 aliphatic carbocycles. The Balaban J connectivity index is 1.47. The number of allylic oxidation sites excluding steroid dienone is 4. The SMILES string of the molecule is [B]c1ccc(C2=CCC3C4CCC5=CC(=O)CCC5(C)C4CCC23C)cn1. The van der Waals surface area contributed by atoms with Gasteiger partial charge in [0.1, 0.15) is 7.85 Å². The molecule has 5 atom stereocenters. The lowest BCUT2D eigenvalue weighted by Gasteiger charge is -2.57. The topological polar surface area (TPSA) is 30.0 Å². The highest BCUT2D eigenvalue weighted by molar-refractivity contribution is 6.30. The fraction of sp³-hybridized carbons (Fsp3) is 0.583. The standard InChI is InChI=1S/C24H28BNO/c1-23-11-9-17(27)13-16(23)4-5-18-20-7-6-19(15-3-8-22(25)26-14-15)24(20,2)12-10-21(18)23/h3,6,8,13-14,18,20-21H,4-5,7,9-12H2,1-2H3. The van der Waals surface area contributed by atoms with E-state index in [9.17, 15) is 4.79 Å². The predicted octanol–water partition coefficient (Wildman–Crippen LogP) is 4.40. The predicted molar refractivity (Wildman–Crippen MR) is 110 cm³/mol. The Kier molecular flexibility index (Phi) is 3.83.